The van der Waals surface area contributed by atoms with E-state index >= 15 is 0 Å². The van der Waals surface area contributed by atoms with Crippen LogP contribution < -0.4 is 4.90 Å². The van der Waals surface area contributed by atoms with Crippen molar-refractivity contribution in [2.75, 3.05) is 30.9 Å². The molecule has 0 fully saturated rings. The molecule has 0 amide bonds. The topological polar surface area (TPSA) is 59.5 Å². The van der Waals surface area contributed by atoms with E-state index in [0.29, 0.717) is 6.54 Å². The second-order valence-corrected chi connectivity index (χ2v) is 4.96. The van der Waals surface area contributed by atoms with Crippen LogP contribution in [-0.4, -0.2) is 39.4 Å². The molecule has 1 rings (SSSR count). The summed E-state index contributed by atoms with van der Waals surface area (Å²) in [6.45, 7) is 3.49. The van der Waals surface area contributed by atoms with Crippen molar-refractivity contribution in [2.24, 2.45) is 0 Å². The molecule has 0 atom stereocenters. The SMILES string of the molecule is CCN(CCOS(C)(=O)=O)c1ccncc1. The Labute approximate surface area is 96.2 Å². The standard InChI is InChI=1S/C10H16N2O3S/c1-3-12(8-9-15-16(2,13)14)10-4-6-11-7-5-10/h4-7H,3,8-9H2,1-2H3. The summed E-state index contributed by atoms with van der Waals surface area (Å²) in [6, 6.07) is 3.76. The number of nitrogens with zero attached hydrogens (tertiary/aromatic N) is 2. The number of aromatic nitrogens is 1. The second-order valence-electron chi connectivity index (χ2n) is 3.31. The maximum Gasteiger partial charge on any atom is 0.264 e. The Balaban J connectivity index is 2.51. The molecule has 0 radical (unpaired) electrons. The van der Waals surface area contributed by atoms with Crippen molar-refractivity contribution in [3.05, 3.63) is 24.5 Å². The van der Waals surface area contributed by atoms with Crippen LogP contribution in [0.5, 0.6) is 0 Å². The summed E-state index contributed by atoms with van der Waals surface area (Å²) in [5, 5.41) is 0. The van der Waals surface area contributed by atoms with Crippen LogP contribution >= 0.6 is 0 Å². The smallest absolute Gasteiger partial charge is 0.264 e. The first kappa shape index (κ1) is 12.9. The number of pyridine rings is 1. The molecule has 1 aromatic heterocycles. The first-order valence-electron chi connectivity index (χ1n) is 5.02. The molecule has 0 saturated heterocycles. The van der Waals surface area contributed by atoms with Crippen molar-refractivity contribution in [1.82, 2.24) is 4.98 Å². The van der Waals surface area contributed by atoms with Gasteiger partial charge in [-0.3, -0.25) is 9.17 Å². The molecule has 0 unspecified atom stereocenters. The molecule has 0 aliphatic heterocycles. The van der Waals surface area contributed by atoms with Gasteiger partial charge in [0.25, 0.3) is 10.1 Å². The van der Waals surface area contributed by atoms with E-state index in [9.17, 15) is 8.42 Å². The zero-order chi connectivity index (χ0) is 12.0. The van der Waals surface area contributed by atoms with E-state index in [1.807, 2.05) is 24.0 Å². The van der Waals surface area contributed by atoms with E-state index in [0.717, 1.165) is 18.5 Å². The van der Waals surface area contributed by atoms with Crippen LogP contribution in [-0.2, 0) is 14.3 Å². The molecule has 1 heterocycles. The fourth-order valence-electron chi connectivity index (χ4n) is 1.32. The predicted molar refractivity (Wildman–Crippen MR) is 62.9 cm³/mol. The highest BCUT2D eigenvalue weighted by molar-refractivity contribution is 7.85. The highest BCUT2D eigenvalue weighted by Crippen LogP contribution is 2.11. The number of likely N-dealkylation sites (N-methyl/N-ethyl adjacent to an activating group) is 1. The average molecular weight is 244 g/mol. The Hall–Kier alpha value is -1.14. The number of hydrogen-bond donors (Lipinski definition) is 0. The van der Waals surface area contributed by atoms with E-state index in [1.54, 1.807) is 12.4 Å². The predicted octanol–water partition coefficient (Wildman–Crippen LogP) is 0.884. The minimum atomic E-state index is -3.35. The van der Waals surface area contributed by atoms with Gasteiger partial charge in [-0.2, -0.15) is 8.42 Å². The highest BCUT2D eigenvalue weighted by Gasteiger charge is 2.06. The quantitative estimate of drug-likeness (QED) is 0.695. The zero-order valence-electron chi connectivity index (χ0n) is 9.46. The Kier molecular flexibility index (Phi) is 4.70. The van der Waals surface area contributed by atoms with E-state index in [4.69, 9.17) is 4.18 Å². The summed E-state index contributed by atoms with van der Waals surface area (Å²) < 4.78 is 26.3. The maximum atomic E-state index is 10.8. The van der Waals surface area contributed by atoms with Crippen molar-refractivity contribution in [1.29, 1.82) is 0 Å². The van der Waals surface area contributed by atoms with Crippen LogP contribution in [0.3, 0.4) is 0 Å². The summed E-state index contributed by atoms with van der Waals surface area (Å²) >= 11 is 0. The van der Waals surface area contributed by atoms with Gasteiger partial charge in [0.05, 0.1) is 12.9 Å². The van der Waals surface area contributed by atoms with E-state index in [1.165, 1.54) is 0 Å². The van der Waals surface area contributed by atoms with E-state index < -0.39 is 10.1 Å². The van der Waals surface area contributed by atoms with Crippen LogP contribution in [0, 0.1) is 0 Å². The minimum Gasteiger partial charge on any atom is -0.369 e. The summed E-state index contributed by atoms with van der Waals surface area (Å²) in [5.74, 6) is 0. The third-order valence-electron chi connectivity index (χ3n) is 2.07. The summed E-state index contributed by atoms with van der Waals surface area (Å²) in [6.07, 6.45) is 4.46. The lowest BCUT2D eigenvalue weighted by Gasteiger charge is -2.22. The first-order valence-corrected chi connectivity index (χ1v) is 6.84. The van der Waals surface area contributed by atoms with Gasteiger partial charge in [0.1, 0.15) is 0 Å². The molecule has 0 aliphatic rings. The molecule has 0 aromatic carbocycles. The minimum absolute atomic E-state index is 0.162. The Morgan fingerprint density at radius 2 is 2.00 bits per heavy atom. The van der Waals surface area contributed by atoms with Gasteiger partial charge >= 0.3 is 0 Å². The fraction of sp³-hybridized carbons (Fsp3) is 0.500. The molecule has 90 valence electrons. The fourth-order valence-corrected chi connectivity index (χ4v) is 1.70. The Morgan fingerprint density at radius 1 is 1.38 bits per heavy atom. The largest absolute Gasteiger partial charge is 0.369 e. The summed E-state index contributed by atoms with van der Waals surface area (Å²) in [5.41, 5.74) is 1.01. The van der Waals surface area contributed by atoms with Crippen LogP contribution in [0.25, 0.3) is 0 Å². The van der Waals surface area contributed by atoms with Crippen molar-refractivity contribution in [2.45, 2.75) is 6.92 Å². The average Bonchev–Trinajstić information content (AvgIpc) is 2.24. The van der Waals surface area contributed by atoms with E-state index in [-0.39, 0.29) is 6.61 Å². The monoisotopic (exact) mass is 244 g/mol. The number of anilines is 1. The Morgan fingerprint density at radius 3 is 2.50 bits per heavy atom. The van der Waals surface area contributed by atoms with Crippen molar-refractivity contribution < 1.29 is 12.6 Å². The van der Waals surface area contributed by atoms with Crippen LogP contribution in [0.2, 0.25) is 0 Å². The van der Waals surface area contributed by atoms with Gasteiger partial charge in [-0.1, -0.05) is 0 Å². The third-order valence-corrected chi connectivity index (χ3v) is 2.66. The van der Waals surface area contributed by atoms with Gasteiger partial charge in [-0.05, 0) is 19.1 Å². The van der Waals surface area contributed by atoms with Gasteiger partial charge in [-0.25, -0.2) is 0 Å². The summed E-state index contributed by atoms with van der Waals surface area (Å²) in [7, 11) is -3.35. The third kappa shape index (κ3) is 4.59. The lowest BCUT2D eigenvalue weighted by molar-refractivity contribution is 0.328. The van der Waals surface area contributed by atoms with Gasteiger partial charge in [0.15, 0.2) is 0 Å². The zero-order valence-corrected chi connectivity index (χ0v) is 10.3. The van der Waals surface area contributed by atoms with Gasteiger partial charge in [0, 0.05) is 31.2 Å². The normalized spacial score (nSPS) is 11.4. The van der Waals surface area contributed by atoms with Gasteiger partial charge in [0.2, 0.25) is 0 Å². The molecule has 0 saturated carbocycles. The van der Waals surface area contributed by atoms with Crippen LogP contribution in [0.4, 0.5) is 5.69 Å². The molecule has 6 heteroatoms. The lowest BCUT2D eigenvalue weighted by atomic mass is 10.3. The lowest BCUT2D eigenvalue weighted by Crippen LogP contribution is -2.27. The molecule has 16 heavy (non-hydrogen) atoms. The molecule has 0 N–H and O–H groups in total. The molecular formula is C10H16N2O3S. The molecular weight excluding hydrogens is 228 g/mol. The molecule has 1 aromatic rings. The second kappa shape index (κ2) is 5.81. The molecule has 0 bridgehead atoms. The number of hydrogen-bond acceptors (Lipinski definition) is 5. The molecule has 5 nitrogen and oxygen atoms in total. The first-order chi connectivity index (χ1) is 7.53. The molecule has 0 spiro atoms. The Bertz CT molecular complexity index is 405. The van der Waals surface area contributed by atoms with Crippen molar-refractivity contribution >= 4 is 15.8 Å². The van der Waals surface area contributed by atoms with Gasteiger partial charge < -0.3 is 4.90 Å². The van der Waals surface area contributed by atoms with Crippen molar-refractivity contribution in [3.8, 4) is 0 Å². The molecule has 0 aliphatic carbocycles. The highest BCUT2D eigenvalue weighted by atomic mass is 32.2. The van der Waals surface area contributed by atoms with Gasteiger partial charge in [-0.15, -0.1) is 0 Å². The van der Waals surface area contributed by atoms with Crippen LogP contribution in [0.1, 0.15) is 6.92 Å². The van der Waals surface area contributed by atoms with Crippen molar-refractivity contribution in [3.63, 3.8) is 0 Å². The summed E-state index contributed by atoms with van der Waals surface area (Å²) in [4.78, 5) is 5.95. The maximum absolute atomic E-state index is 10.8. The van der Waals surface area contributed by atoms with E-state index in [2.05, 4.69) is 4.98 Å². The number of rotatable bonds is 6. The van der Waals surface area contributed by atoms with Crippen LogP contribution in [0.15, 0.2) is 24.5 Å².